The summed E-state index contributed by atoms with van der Waals surface area (Å²) >= 11 is 0. The molecule has 0 saturated heterocycles. The monoisotopic (exact) mass is 498 g/mol. The minimum Gasteiger partial charge on any atom is -0.444 e. The SMILES string of the molecule is CC(C)(C)OC(=O)NCCCN(CCCCN(CCC#N)C(=O)OC(C)(C)C)C(=O)OC(C)(C)C. The van der Waals surface area contributed by atoms with E-state index in [1.54, 1.807) is 67.2 Å². The summed E-state index contributed by atoms with van der Waals surface area (Å²) in [7, 11) is 0. The molecule has 0 aromatic rings. The van der Waals surface area contributed by atoms with Gasteiger partial charge in [0.25, 0.3) is 0 Å². The lowest BCUT2D eigenvalue weighted by molar-refractivity contribution is 0.0210. The summed E-state index contributed by atoms with van der Waals surface area (Å²) in [5.41, 5.74) is -1.83. The Hall–Kier alpha value is -2.70. The van der Waals surface area contributed by atoms with Crippen LogP contribution in [0, 0.1) is 11.3 Å². The average Bonchev–Trinajstić information content (AvgIpc) is 2.64. The van der Waals surface area contributed by atoms with Crippen LogP contribution in [0.2, 0.25) is 0 Å². The smallest absolute Gasteiger partial charge is 0.410 e. The molecule has 0 atom stereocenters. The largest absolute Gasteiger partial charge is 0.444 e. The van der Waals surface area contributed by atoms with Crippen LogP contribution in [0.4, 0.5) is 14.4 Å². The van der Waals surface area contributed by atoms with Crippen molar-refractivity contribution in [2.45, 2.75) is 105 Å². The van der Waals surface area contributed by atoms with E-state index in [0.29, 0.717) is 45.4 Å². The Morgan fingerprint density at radius 2 is 1.09 bits per heavy atom. The number of amides is 3. The quantitative estimate of drug-likeness (QED) is 0.312. The molecule has 0 unspecified atom stereocenters. The maximum absolute atomic E-state index is 12.7. The van der Waals surface area contributed by atoms with Gasteiger partial charge in [0.1, 0.15) is 16.8 Å². The molecule has 1 N–H and O–H groups in total. The van der Waals surface area contributed by atoms with E-state index in [0.717, 1.165) is 0 Å². The highest BCUT2D eigenvalue weighted by molar-refractivity contribution is 5.69. The van der Waals surface area contributed by atoms with Crippen molar-refractivity contribution in [2.75, 3.05) is 32.7 Å². The Morgan fingerprint density at radius 3 is 1.49 bits per heavy atom. The van der Waals surface area contributed by atoms with E-state index in [9.17, 15) is 14.4 Å². The van der Waals surface area contributed by atoms with Crippen LogP contribution >= 0.6 is 0 Å². The van der Waals surface area contributed by atoms with Crippen LogP contribution in [0.5, 0.6) is 0 Å². The van der Waals surface area contributed by atoms with Gasteiger partial charge in [-0.3, -0.25) is 0 Å². The molecule has 0 aromatic carbocycles. The Labute approximate surface area is 211 Å². The molecule has 3 amide bonds. The molecule has 10 heteroatoms. The fourth-order valence-corrected chi connectivity index (χ4v) is 2.81. The van der Waals surface area contributed by atoms with Crippen LogP contribution in [0.15, 0.2) is 0 Å². The van der Waals surface area contributed by atoms with E-state index in [1.807, 2.05) is 0 Å². The summed E-state index contributed by atoms with van der Waals surface area (Å²) in [5.74, 6) is 0. The number of hydrogen-bond acceptors (Lipinski definition) is 7. The van der Waals surface area contributed by atoms with Gasteiger partial charge in [-0.25, -0.2) is 14.4 Å². The molecule has 0 aliphatic heterocycles. The lowest BCUT2D eigenvalue weighted by atomic mass is 10.2. The van der Waals surface area contributed by atoms with Gasteiger partial charge in [0.15, 0.2) is 0 Å². The average molecular weight is 499 g/mol. The van der Waals surface area contributed by atoms with Gasteiger partial charge in [-0.05, 0) is 81.6 Å². The predicted molar refractivity (Wildman–Crippen MR) is 134 cm³/mol. The Kier molecular flexibility index (Phi) is 13.5. The first kappa shape index (κ1) is 32.3. The molecule has 202 valence electrons. The lowest BCUT2D eigenvalue weighted by Crippen LogP contribution is -2.40. The Morgan fingerprint density at radius 1 is 0.686 bits per heavy atom. The third-order valence-electron chi connectivity index (χ3n) is 4.18. The van der Waals surface area contributed by atoms with Crippen LogP contribution in [-0.4, -0.2) is 77.6 Å². The summed E-state index contributed by atoms with van der Waals surface area (Å²) in [5, 5.41) is 11.6. The van der Waals surface area contributed by atoms with Gasteiger partial charge in [-0.1, -0.05) is 0 Å². The number of nitriles is 1. The van der Waals surface area contributed by atoms with Crippen molar-refractivity contribution in [2.24, 2.45) is 0 Å². The van der Waals surface area contributed by atoms with E-state index in [4.69, 9.17) is 19.5 Å². The van der Waals surface area contributed by atoms with E-state index in [2.05, 4.69) is 11.4 Å². The normalized spacial score (nSPS) is 11.8. The Balaban J connectivity index is 4.84. The van der Waals surface area contributed by atoms with Gasteiger partial charge in [-0.15, -0.1) is 0 Å². The molecule has 0 fully saturated rings. The number of ether oxygens (including phenoxy) is 3. The van der Waals surface area contributed by atoms with Gasteiger partial charge in [0, 0.05) is 32.7 Å². The number of carbonyl (C=O) groups is 3. The summed E-state index contributed by atoms with van der Waals surface area (Å²) in [4.78, 5) is 40.1. The van der Waals surface area contributed by atoms with Crippen molar-refractivity contribution < 1.29 is 28.6 Å². The van der Waals surface area contributed by atoms with E-state index >= 15 is 0 Å². The predicted octanol–water partition coefficient (Wildman–Crippen LogP) is 5.07. The highest BCUT2D eigenvalue weighted by Crippen LogP contribution is 2.13. The molecule has 0 aromatic heterocycles. The van der Waals surface area contributed by atoms with Gasteiger partial charge in [0.2, 0.25) is 0 Å². The first-order valence-electron chi connectivity index (χ1n) is 12.2. The summed E-state index contributed by atoms with van der Waals surface area (Å²) < 4.78 is 16.2. The number of hydrogen-bond donors (Lipinski definition) is 1. The zero-order valence-electron chi connectivity index (χ0n) is 23.2. The molecule has 0 spiro atoms. The topological polar surface area (TPSA) is 121 Å². The first-order chi connectivity index (χ1) is 15.9. The minimum absolute atomic E-state index is 0.216. The minimum atomic E-state index is -0.630. The zero-order valence-corrected chi connectivity index (χ0v) is 23.2. The van der Waals surface area contributed by atoms with Gasteiger partial charge in [0.05, 0.1) is 12.5 Å². The van der Waals surface area contributed by atoms with Crippen molar-refractivity contribution in [1.29, 1.82) is 5.26 Å². The van der Waals surface area contributed by atoms with Crippen LogP contribution in [0.1, 0.15) is 88.0 Å². The number of nitrogens with zero attached hydrogens (tertiary/aromatic N) is 3. The van der Waals surface area contributed by atoms with Crippen LogP contribution in [-0.2, 0) is 14.2 Å². The van der Waals surface area contributed by atoms with Crippen LogP contribution in [0.25, 0.3) is 0 Å². The van der Waals surface area contributed by atoms with Crippen molar-refractivity contribution in [3.8, 4) is 6.07 Å². The highest BCUT2D eigenvalue weighted by Gasteiger charge is 2.24. The fraction of sp³-hybridized carbons (Fsp3) is 0.840. The van der Waals surface area contributed by atoms with Crippen LogP contribution in [0.3, 0.4) is 0 Å². The summed E-state index contributed by atoms with van der Waals surface area (Å²) in [6.45, 7) is 18.1. The molecule has 0 bridgehead atoms. The number of carbonyl (C=O) groups excluding carboxylic acids is 3. The van der Waals surface area contributed by atoms with E-state index < -0.39 is 35.1 Å². The molecule has 35 heavy (non-hydrogen) atoms. The third kappa shape index (κ3) is 18.3. The lowest BCUT2D eigenvalue weighted by Gasteiger charge is -2.29. The second kappa shape index (κ2) is 14.6. The first-order valence-corrected chi connectivity index (χ1v) is 12.2. The molecule has 0 aliphatic carbocycles. The molecule has 0 heterocycles. The molecule has 0 rings (SSSR count). The van der Waals surface area contributed by atoms with Gasteiger partial charge < -0.3 is 29.3 Å². The van der Waals surface area contributed by atoms with Crippen molar-refractivity contribution in [3.63, 3.8) is 0 Å². The Bertz CT molecular complexity index is 713. The van der Waals surface area contributed by atoms with Crippen molar-refractivity contribution >= 4 is 18.3 Å². The van der Waals surface area contributed by atoms with Gasteiger partial charge in [-0.2, -0.15) is 5.26 Å². The van der Waals surface area contributed by atoms with Gasteiger partial charge >= 0.3 is 18.3 Å². The molecule has 0 saturated carbocycles. The number of nitrogens with one attached hydrogen (secondary N) is 1. The third-order valence-corrected chi connectivity index (χ3v) is 4.18. The molecular weight excluding hydrogens is 452 g/mol. The standard InChI is InChI=1S/C25H46N4O6/c1-23(2,3)33-20(30)27-15-13-19-29(22(32)35-25(7,8)9)17-11-10-16-28(18-12-14-26)21(31)34-24(4,5)6/h10-13,15-19H2,1-9H3,(H,27,30). The van der Waals surface area contributed by atoms with E-state index in [-0.39, 0.29) is 13.0 Å². The molecular formula is C25H46N4O6. The molecule has 10 nitrogen and oxygen atoms in total. The van der Waals surface area contributed by atoms with Crippen molar-refractivity contribution in [3.05, 3.63) is 0 Å². The zero-order chi connectivity index (χ0) is 27.3. The maximum atomic E-state index is 12.7. The number of unbranched alkanes of at least 4 members (excludes halogenated alkanes) is 1. The fourth-order valence-electron chi connectivity index (χ4n) is 2.81. The van der Waals surface area contributed by atoms with Crippen molar-refractivity contribution in [1.82, 2.24) is 15.1 Å². The molecule has 0 radical (unpaired) electrons. The van der Waals surface area contributed by atoms with E-state index in [1.165, 1.54) is 4.90 Å². The summed E-state index contributed by atoms with van der Waals surface area (Å²) in [6.07, 6.45) is 0.623. The summed E-state index contributed by atoms with van der Waals surface area (Å²) in [6, 6.07) is 2.05. The second-order valence-corrected chi connectivity index (χ2v) is 11.3. The highest BCUT2D eigenvalue weighted by atomic mass is 16.6. The number of alkyl carbamates (subject to hydrolysis) is 1. The van der Waals surface area contributed by atoms with Crippen LogP contribution < -0.4 is 5.32 Å². The maximum Gasteiger partial charge on any atom is 0.410 e. The molecule has 0 aliphatic rings. The number of rotatable bonds is 11. The second-order valence-electron chi connectivity index (χ2n) is 11.3.